The fourth-order valence-corrected chi connectivity index (χ4v) is 3.76. The fraction of sp³-hybridized carbons (Fsp3) is 0.286. The molecule has 0 bridgehead atoms. The van der Waals surface area contributed by atoms with E-state index in [4.69, 9.17) is 11.2 Å². The number of carbonyl (C=O) groups is 1. The van der Waals surface area contributed by atoms with Crippen molar-refractivity contribution in [2.45, 2.75) is 37.8 Å². The smallest absolute Gasteiger partial charge is 0.326 e. The predicted octanol–water partition coefficient (Wildman–Crippen LogP) is 3.22. The van der Waals surface area contributed by atoms with Crippen LogP contribution < -0.4 is 4.72 Å². The van der Waals surface area contributed by atoms with Crippen molar-refractivity contribution in [2.24, 2.45) is 5.92 Å². The Morgan fingerprint density at radius 3 is 2.19 bits per heavy atom. The highest BCUT2D eigenvalue weighted by atomic mass is 32.2. The lowest BCUT2D eigenvalue weighted by molar-refractivity contribution is -0.150. The highest BCUT2D eigenvalue weighted by molar-refractivity contribution is 7.89. The molecule has 0 aliphatic carbocycles. The first kappa shape index (κ1) is 20.7. The van der Waals surface area contributed by atoms with Crippen LogP contribution in [-0.4, -0.2) is 20.4 Å². The summed E-state index contributed by atoms with van der Waals surface area (Å²) >= 11 is 0. The van der Waals surface area contributed by atoms with Gasteiger partial charge in [-0.25, -0.2) is 8.42 Å². The summed E-state index contributed by atoms with van der Waals surface area (Å²) < 4.78 is 33.1. The monoisotopic (exact) mass is 385 g/mol. The van der Waals surface area contributed by atoms with Crippen molar-refractivity contribution in [1.82, 2.24) is 4.72 Å². The normalized spacial score (nSPS) is 13.6. The average molecular weight is 385 g/mol. The lowest BCUT2D eigenvalue weighted by Gasteiger charge is -2.23. The van der Waals surface area contributed by atoms with Gasteiger partial charge in [0, 0.05) is 5.56 Å². The van der Waals surface area contributed by atoms with Crippen LogP contribution in [0, 0.1) is 25.2 Å². The zero-order valence-corrected chi connectivity index (χ0v) is 16.4. The van der Waals surface area contributed by atoms with Crippen LogP contribution in [0.25, 0.3) is 0 Å². The van der Waals surface area contributed by atoms with Crippen LogP contribution in [0.15, 0.2) is 59.5 Å². The molecule has 0 aromatic heterocycles. The van der Waals surface area contributed by atoms with Gasteiger partial charge < -0.3 is 4.74 Å². The molecule has 0 aliphatic rings. The summed E-state index contributed by atoms with van der Waals surface area (Å²) in [5.41, 5.74) is 1.59. The van der Waals surface area contributed by atoms with Crippen molar-refractivity contribution < 1.29 is 17.9 Å². The van der Waals surface area contributed by atoms with Gasteiger partial charge in [-0.3, -0.25) is 4.79 Å². The molecule has 0 fully saturated rings. The number of nitrogens with one attached hydrogen (secondary N) is 1. The molecule has 1 N–H and O–H groups in total. The maximum atomic E-state index is 12.6. The summed E-state index contributed by atoms with van der Waals surface area (Å²) in [6.45, 7) is 5.33. The average Bonchev–Trinajstić information content (AvgIpc) is 2.65. The minimum absolute atomic E-state index is 0.0862. The molecule has 0 heterocycles. The molecule has 2 atom stereocenters. The highest BCUT2D eigenvalue weighted by Crippen LogP contribution is 2.19. The lowest BCUT2D eigenvalue weighted by atomic mass is 10.1. The number of terminal acetylenes is 1. The Labute approximate surface area is 160 Å². The second-order valence-corrected chi connectivity index (χ2v) is 8.26. The molecule has 142 valence electrons. The predicted molar refractivity (Wildman–Crippen MR) is 104 cm³/mol. The molecule has 0 radical (unpaired) electrons. The van der Waals surface area contributed by atoms with E-state index < -0.39 is 28.1 Å². The van der Waals surface area contributed by atoms with E-state index in [1.807, 2.05) is 13.0 Å². The molecule has 6 heteroatoms. The van der Waals surface area contributed by atoms with E-state index in [-0.39, 0.29) is 10.8 Å². The topological polar surface area (TPSA) is 72.5 Å². The van der Waals surface area contributed by atoms with Crippen molar-refractivity contribution in [3.63, 3.8) is 0 Å². The van der Waals surface area contributed by atoms with Crippen LogP contribution in [0.3, 0.4) is 0 Å². The number of ether oxygens (including phenoxy) is 1. The minimum Gasteiger partial charge on any atom is -0.443 e. The summed E-state index contributed by atoms with van der Waals surface area (Å²) in [6, 6.07) is 14.2. The molecular formula is C21H23NO4S. The maximum absolute atomic E-state index is 12.6. The third-order valence-corrected chi connectivity index (χ3v) is 5.48. The van der Waals surface area contributed by atoms with Crippen LogP contribution in [0.5, 0.6) is 0 Å². The van der Waals surface area contributed by atoms with Crippen LogP contribution in [0.4, 0.5) is 0 Å². The molecule has 0 aliphatic heterocycles. The Balaban J connectivity index is 2.20. The van der Waals surface area contributed by atoms with E-state index >= 15 is 0 Å². The number of sulfonamides is 1. The first-order chi connectivity index (χ1) is 12.7. The van der Waals surface area contributed by atoms with Gasteiger partial charge in [-0.15, -0.1) is 6.42 Å². The van der Waals surface area contributed by atoms with Gasteiger partial charge in [-0.2, -0.15) is 4.72 Å². The Morgan fingerprint density at radius 1 is 1.07 bits per heavy atom. The molecule has 0 saturated heterocycles. The van der Waals surface area contributed by atoms with Crippen LogP contribution >= 0.6 is 0 Å². The molecule has 0 unspecified atom stereocenters. The van der Waals surface area contributed by atoms with E-state index in [9.17, 15) is 13.2 Å². The lowest BCUT2D eigenvalue weighted by Crippen LogP contribution is -2.45. The number of aryl methyl sites for hydroxylation is 1. The summed E-state index contributed by atoms with van der Waals surface area (Å²) in [6.07, 6.45) is 4.61. The molecule has 0 saturated carbocycles. The van der Waals surface area contributed by atoms with E-state index in [1.165, 1.54) is 12.1 Å². The second kappa shape index (κ2) is 8.85. The number of hydrogen-bond acceptors (Lipinski definition) is 4. The van der Waals surface area contributed by atoms with Gasteiger partial charge in [0.25, 0.3) is 0 Å². The molecular weight excluding hydrogens is 362 g/mol. The van der Waals surface area contributed by atoms with Crippen LogP contribution in [-0.2, 0) is 19.6 Å². The van der Waals surface area contributed by atoms with Gasteiger partial charge in [-0.05, 0) is 25.0 Å². The van der Waals surface area contributed by atoms with E-state index in [0.29, 0.717) is 5.56 Å². The first-order valence-corrected chi connectivity index (χ1v) is 10.0. The summed E-state index contributed by atoms with van der Waals surface area (Å²) in [4.78, 5) is 12.7. The summed E-state index contributed by atoms with van der Waals surface area (Å²) in [5.74, 6) is 1.38. The number of esters is 1. The van der Waals surface area contributed by atoms with Crippen LogP contribution in [0.2, 0.25) is 0 Å². The van der Waals surface area contributed by atoms with Crippen molar-refractivity contribution in [1.29, 1.82) is 0 Å². The van der Waals surface area contributed by atoms with Gasteiger partial charge in [0.1, 0.15) is 6.04 Å². The maximum Gasteiger partial charge on any atom is 0.326 e. The van der Waals surface area contributed by atoms with Crippen molar-refractivity contribution in [3.05, 3.63) is 65.7 Å². The quantitative estimate of drug-likeness (QED) is 0.587. The van der Waals surface area contributed by atoms with Crippen LogP contribution in [0.1, 0.15) is 31.1 Å². The third kappa shape index (κ3) is 5.43. The summed E-state index contributed by atoms with van der Waals surface area (Å²) in [5, 5.41) is 0. The Kier molecular flexibility index (Phi) is 6.78. The minimum atomic E-state index is -3.88. The van der Waals surface area contributed by atoms with E-state index in [1.54, 1.807) is 50.2 Å². The highest BCUT2D eigenvalue weighted by Gasteiger charge is 2.31. The van der Waals surface area contributed by atoms with Gasteiger partial charge in [0.2, 0.25) is 10.0 Å². The fourth-order valence-electron chi connectivity index (χ4n) is 2.42. The zero-order chi connectivity index (χ0) is 20.0. The van der Waals surface area contributed by atoms with Crippen molar-refractivity contribution >= 4 is 16.0 Å². The number of rotatable bonds is 7. The van der Waals surface area contributed by atoms with E-state index in [0.717, 1.165) is 5.56 Å². The molecule has 0 spiro atoms. The Morgan fingerprint density at radius 2 is 1.67 bits per heavy atom. The first-order valence-electron chi connectivity index (χ1n) is 8.55. The zero-order valence-electron chi connectivity index (χ0n) is 15.5. The van der Waals surface area contributed by atoms with E-state index in [2.05, 4.69) is 10.6 Å². The second-order valence-electron chi connectivity index (χ2n) is 6.55. The molecule has 0 amide bonds. The standard InChI is InChI=1S/C21H23NO4S/c1-5-19(17-9-7-6-8-10-17)26-21(23)20(15(2)3)22-27(24,25)18-13-11-16(4)12-14-18/h1,6-15,19-20,22H,2-4H3/t19-,20+/m1/s1. The van der Waals surface area contributed by atoms with Crippen molar-refractivity contribution in [2.75, 3.05) is 0 Å². The number of benzene rings is 2. The largest absolute Gasteiger partial charge is 0.443 e. The summed E-state index contributed by atoms with van der Waals surface area (Å²) in [7, 11) is -3.88. The number of hydrogen-bond donors (Lipinski definition) is 1. The van der Waals surface area contributed by atoms with Crippen molar-refractivity contribution in [3.8, 4) is 12.3 Å². The SMILES string of the molecule is C#C[C@@H](OC(=O)[C@@H](NS(=O)(=O)c1ccc(C)cc1)C(C)C)c1ccccc1. The Hall–Kier alpha value is -2.62. The molecule has 2 rings (SSSR count). The van der Waals surface area contributed by atoms with Gasteiger partial charge in [0.05, 0.1) is 4.90 Å². The van der Waals surface area contributed by atoms with Gasteiger partial charge in [0.15, 0.2) is 6.10 Å². The van der Waals surface area contributed by atoms with Gasteiger partial charge in [-0.1, -0.05) is 67.8 Å². The molecule has 27 heavy (non-hydrogen) atoms. The van der Waals surface area contributed by atoms with Gasteiger partial charge >= 0.3 is 5.97 Å². The number of carbonyl (C=O) groups excluding carboxylic acids is 1. The third-order valence-electron chi connectivity index (χ3n) is 4.02. The Bertz CT molecular complexity index is 913. The molecule has 2 aromatic carbocycles. The molecule has 2 aromatic rings. The molecule has 5 nitrogen and oxygen atoms in total.